The van der Waals surface area contributed by atoms with Crippen LogP contribution in [0.15, 0.2) is 36.4 Å². The van der Waals surface area contributed by atoms with Gasteiger partial charge in [-0.15, -0.1) is 0 Å². The first-order valence-electron chi connectivity index (χ1n) is 8.68. The SMILES string of the molecule is CCOc1ccc(NC(=O)NCOc2ccc(C)cc2C)cc1OCC. The Balaban J connectivity index is 1.89. The number of carbonyl (C=O) groups excluding carboxylic acids is 1. The molecular formula is C20H26N2O4. The summed E-state index contributed by atoms with van der Waals surface area (Å²) in [6.07, 6.45) is 0. The molecule has 2 amide bonds. The fraction of sp³-hybridized carbons (Fsp3) is 0.350. The predicted molar refractivity (Wildman–Crippen MR) is 102 cm³/mol. The lowest BCUT2D eigenvalue weighted by Crippen LogP contribution is -2.32. The van der Waals surface area contributed by atoms with Gasteiger partial charge < -0.3 is 24.8 Å². The fourth-order valence-corrected chi connectivity index (χ4v) is 2.44. The van der Waals surface area contributed by atoms with Crippen LogP contribution in [0.3, 0.4) is 0 Å². The van der Waals surface area contributed by atoms with Crippen molar-refractivity contribution < 1.29 is 19.0 Å². The molecule has 0 heterocycles. The molecule has 0 aliphatic heterocycles. The molecule has 2 rings (SSSR count). The summed E-state index contributed by atoms with van der Waals surface area (Å²) in [5, 5.41) is 5.42. The minimum Gasteiger partial charge on any atom is -0.490 e. The minimum absolute atomic E-state index is 0.0745. The Hall–Kier alpha value is -2.89. The Morgan fingerprint density at radius 2 is 1.58 bits per heavy atom. The molecule has 6 heteroatoms. The van der Waals surface area contributed by atoms with Crippen LogP contribution < -0.4 is 24.8 Å². The van der Waals surface area contributed by atoms with Crippen LogP contribution in [-0.2, 0) is 0 Å². The molecule has 0 unspecified atom stereocenters. The second kappa shape index (κ2) is 9.56. The van der Waals surface area contributed by atoms with E-state index in [0.29, 0.717) is 30.4 Å². The third kappa shape index (κ3) is 5.58. The maximum Gasteiger partial charge on any atom is 0.321 e. The van der Waals surface area contributed by atoms with Crippen molar-refractivity contribution in [3.63, 3.8) is 0 Å². The molecule has 0 atom stereocenters. The van der Waals surface area contributed by atoms with E-state index in [1.807, 2.05) is 45.9 Å². The average Bonchev–Trinajstić information content (AvgIpc) is 2.59. The van der Waals surface area contributed by atoms with Crippen LogP contribution in [0.2, 0.25) is 0 Å². The molecule has 0 aliphatic carbocycles. The van der Waals surface area contributed by atoms with Crippen LogP contribution >= 0.6 is 0 Å². The average molecular weight is 358 g/mol. The first-order valence-corrected chi connectivity index (χ1v) is 8.68. The number of amides is 2. The zero-order chi connectivity index (χ0) is 18.9. The number of nitrogens with one attached hydrogen (secondary N) is 2. The highest BCUT2D eigenvalue weighted by atomic mass is 16.5. The van der Waals surface area contributed by atoms with Crippen molar-refractivity contribution in [3.05, 3.63) is 47.5 Å². The predicted octanol–water partition coefficient (Wildman–Crippen LogP) is 4.26. The molecule has 26 heavy (non-hydrogen) atoms. The van der Waals surface area contributed by atoms with Crippen LogP contribution in [0.5, 0.6) is 17.2 Å². The van der Waals surface area contributed by atoms with Crippen LogP contribution in [-0.4, -0.2) is 26.0 Å². The number of hydrogen-bond acceptors (Lipinski definition) is 4. The number of carbonyl (C=O) groups is 1. The van der Waals surface area contributed by atoms with Crippen molar-refractivity contribution in [1.82, 2.24) is 5.32 Å². The first-order chi connectivity index (χ1) is 12.5. The second-order valence-electron chi connectivity index (χ2n) is 5.72. The van der Waals surface area contributed by atoms with Crippen LogP contribution in [0.1, 0.15) is 25.0 Å². The maximum atomic E-state index is 12.0. The van der Waals surface area contributed by atoms with Crippen LogP contribution in [0.4, 0.5) is 10.5 Å². The third-order valence-electron chi connectivity index (χ3n) is 3.59. The number of aryl methyl sites for hydroxylation is 2. The van der Waals surface area contributed by atoms with Gasteiger partial charge >= 0.3 is 6.03 Å². The normalized spacial score (nSPS) is 10.2. The van der Waals surface area contributed by atoms with Gasteiger partial charge in [0, 0.05) is 11.8 Å². The molecule has 2 N–H and O–H groups in total. The molecule has 2 aromatic carbocycles. The number of benzene rings is 2. The maximum absolute atomic E-state index is 12.0. The number of ether oxygens (including phenoxy) is 3. The molecule has 140 valence electrons. The third-order valence-corrected chi connectivity index (χ3v) is 3.59. The topological polar surface area (TPSA) is 68.8 Å². The van der Waals surface area contributed by atoms with E-state index in [4.69, 9.17) is 14.2 Å². The summed E-state index contributed by atoms with van der Waals surface area (Å²) in [5.41, 5.74) is 2.81. The summed E-state index contributed by atoms with van der Waals surface area (Å²) in [7, 11) is 0. The molecule has 2 aromatic rings. The first kappa shape index (κ1) is 19.4. The van der Waals surface area contributed by atoms with Crippen molar-refractivity contribution >= 4 is 11.7 Å². The van der Waals surface area contributed by atoms with Gasteiger partial charge in [0.15, 0.2) is 18.2 Å². The highest BCUT2D eigenvalue weighted by Gasteiger charge is 2.08. The lowest BCUT2D eigenvalue weighted by Gasteiger charge is -2.14. The van der Waals surface area contributed by atoms with Gasteiger partial charge in [0.05, 0.1) is 13.2 Å². The van der Waals surface area contributed by atoms with Crippen molar-refractivity contribution in [1.29, 1.82) is 0 Å². The van der Waals surface area contributed by atoms with Gasteiger partial charge in [-0.1, -0.05) is 17.7 Å². The Morgan fingerprint density at radius 3 is 2.27 bits per heavy atom. The number of anilines is 1. The lowest BCUT2D eigenvalue weighted by atomic mass is 10.1. The van der Waals surface area contributed by atoms with Gasteiger partial charge in [-0.25, -0.2) is 4.79 Å². The number of hydrogen-bond donors (Lipinski definition) is 2. The quantitative estimate of drug-likeness (QED) is 0.692. The van der Waals surface area contributed by atoms with E-state index in [-0.39, 0.29) is 12.8 Å². The lowest BCUT2D eigenvalue weighted by molar-refractivity contribution is 0.234. The van der Waals surface area contributed by atoms with Crippen molar-refractivity contribution in [3.8, 4) is 17.2 Å². The molecule has 0 saturated carbocycles. The fourth-order valence-electron chi connectivity index (χ4n) is 2.44. The molecule has 0 radical (unpaired) electrons. The number of urea groups is 1. The molecule has 0 bridgehead atoms. The summed E-state index contributed by atoms with van der Waals surface area (Å²) in [5.74, 6) is 1.99. The van der Waals surface area contributed by atoms with E-state index in [0.717, 1.165) is 11.3 Å². The molecular weight excluding hydrogens is 332 g/mol. The standard InChI is InChI=1S/C20H26N2O4/c1-5-24-18-10-8-16(12-19(18)25-6-2)22-20(23)21-13-26-17-9-7-14(3)11-15(17)4/h7-12H,5-6,13H2,1-4H3,(H2,21,22,23). The van der Waals surface area contributed by atoms with Gasteiger partial charge in [0.2, 0.25) is 0 Å². The zero-order valence-electron chi connectivity index (χ0n) is 15.7. The van der Waals surface area contributed by atoms with Gasteiger partial charge in [-0.2, -0.15) is 0 Å². The van der Waals surface area contributed by atoms with E-state index >= 15 is 0 Å². The Kier molecular flexibility index (Phi) is 7.14. The molecule has 0 aliphatic rings. The summed E-state index contributed by atoms with van der Waals surface area (Å²) < 4.78 is 16.7. The Morgan fingerprint density at radius 1 is 0.885 bits per heavy atom. The zero-order valence-corrected chi connectivity index (χ0v) is 15.7. The van der Waals surface area contributed by atoms with Crippen molar-refractivity contribution in [2.75, 3.05) is 25.3 Å². The van der Waals surface area contributed by atoms with Crippen LogP contribution in [0, 0.1) is 13.8 Å². The highest BCUT2D eigenvalue weighted by Crippen LogP contribution is 2.30. The molecule has 0 aromatic heterocycles. The van der Waals surface area contributed by atoms with E-state index in [1.165, 1.54) is 5.56 Å². The summed E-state index contributed by atoms with van der Waals surface area (Å²) in [4.78, 5) is 12.0. The van der Waals surface area contributed by atoms with Gasteiger partial charge in [-0.3, -0.25) is 0 Å². The largest absolute Gasteiger partial charge is 0.490 e. The van der Waals surface area contributed by atoms with Crippen molar-refractivity contribution in [2.24, 2.45) is 0 Å². The number of rotatable bonds is 8. The molecule has 6 nitrogen and oxygen atoms in total. The van der Waals surface area contributed by atoms with Gasteiger partial charge in [-0.05, 0) is 51.5 Å². The van der Waals surface area contributed by atoms with Gasteiger partial charge in [0.25, 0.3) is 0 Å². The van der Waals surface area contributed by atoms with E-state index < -0.39 is 0 Å². The minimum atomic E-state index is -0.360. The summed E-state index contributed by atoms with van der Waals surface area (Å²) in [6, 6.07) is 10.8. The van der Waals surface area contributed by atoms with Crippen molar-refractivity contribution in [2.45, 2.75) is 27.7 Å². The highest BCUT2D eigenvalue weighted by molar-refractivity contribution is 5.89. The Labute approximate surface area is 154 Å². The van der Waals surface area contributed by atoms with E-state index in [2.05, 4.69) is 10.6 Å². The smallest absolute Gasteiger partial charge is 0.321 e. The summed E-state index contributed by atoms with van der Waals surface area (Å²) in [6.45, 7) is 8.93. The van der Waals surface area contributed by atoms with Crippen LogP contribution in [0.25, 0.3) is 0 Å². The van der Waals surface area contributed by atoms with E-state index in [9.17, 15) is 4.79 Å². The molecule has 0 spiro atoms. The summed E-state index contributed by atoms with van der Waals surface area (Å²) >= 11 is 0. The second-order valence-corrected chi connectivity index (χ2v) is 5.72. The Bertz CT molecular complexity index is 747. The molecule has 0 fully saturated rings. The van der Waals surface area contributed by atoms with E-state index in [1.54, 1.807) is 18.2 Å². The van der Waals surface area contributed by atoms with Gasteiger partial charge in [0.1, 0.15) is 5.75 Å². The molecule has 0 saturated heterocycles. The monoisotopic (exact) mass is 358 g/mol.